The molecule has 0 saturated carbocycles. The van der Waals surface area contributed by atoms with Gasteiger partial charge in [-0.05, 0) is 38.5 Å². The Morgan fingerprint density at radius 2 is 1.42 bits per heavy atom. The molecule has 53 heavy (non-hydrogen) atoms. The van der Waals surface area contributed by atoms with Crippen LogP contribution in [0.25, 0.3) is 43.5 Å². The minimum absolute atomic E-state index is 0.00461. The van der Waals surface area contributed by atoms with E-state index in [1.165, 1.54) is 7.11 Å². The van der Waals surface area contributed by atoms with Gasteiger partial charge in [-0.15, -0.1) is 0 Å². The highest BCUT2D eigenvalue weighted by molar-refractivity contribution is 6.28. The second-order valence-corrected chi connectivity index (χ2v) is 13.8. The van der Waals surface area contributed by atoms with Crippen LogP contribution in [0.5, 0.6) is 11.5 Å². The second kappa shape index (κ2) is 12.7. The van der Waals surface area contributed by atoms with Crippen molar-refractivity contribution in [1.29, 1.82) is 0 Å². The number of fused-ring (bicyclic) bond motifs is 3. The number of hydrogen-bond donors (Lipinski definition) is 3. The van der Waals surface area contributed by atoms with Crippen molar-refractivity contribution in [3.8, 4) is 11.5 Å². The van der Waals surface area contributed by atoms with Crippen molar-refractivity contribution < 1.29 is 57.3 Å². The minimum Gasteiger partial charge on any atom is -0.506 e. The number of ether oxygens (including phenoxy) is 7. The molecule has 6 aromatic rings. The average Bonchev–Trinajstić information content (AvgIpc) is 3.60. The van der Waals surface area contributed by atoms with E-state index in [1.807, 2.05) is 30.3 Å². The van der Waals surface area contributed by atoms with Gasteiger partial charge in [-0.1, -0.05) is 48.5 Å². The monoisotopic (exact) mass is 728 g/mol. The molecule has 0 radical (unpaired) electrons. The zero-order chi connectivity index (χ0) is 36.9. The van der Waals surface area contributed by atoms with Gasteiger partial charge < -0.3 is 57.3 Å². The molecule has 11 atom stereocenters. The van der Waals surface area contributed by atoms with Gasteiger partial charge in [-0.25, -0.2) is 9.59 Å². The van der Waals surface area contributed by atoms with Crippen LogP contribution < -0.4 is 16.0 Å². The van der Waals surface area contributed by atoms with Gasteiger partial charge in [-0.2, -0.15) is 0 Å². The number of phenolic OH excluding ortho intramolecular Hbond substituents is 1. The van der Waals surface area contributed by atoms with Gasteiger partial charge in [-0.3, -0.25) is 0 Å². The largest absolute Gasteiger partial charge is 0.506 e. The van der Waals surface area contributed by atoms with Crippen molar-refractivity contribution in [2.75, 3.05) is 7.11 Å². The fourth-order valence-corrected chi connectivity index (χ4v) is 7.98. The summed E-state index contributed by atoms with van der Waals surface area (Å²) in [7, 11) is 1.37. The molecule has 0 unspecified atom stereocenters. The molecule has 276 valence electrons. The second-order valence-electron chi connectivity index (χ2n) is 13.8. The van der Waals surface area contributed by atoms with Crippen LogP contribution in [-0.2, 0) is 28.4 Å². The third-order valence-electron chi connectivity index (χ3n) is 10.6. The van der Waals surface area contributed by atoms with Gasteiger partial charge in [0, 0.05) is 28.8 Å². The van der Waals surface area contributed by atoms with Gasteiger partial charge in [0.05, 0.1) is 23.0 Å². The Kier molecular flexibility index (Phi) is 8.21. The molecular formula is C39H36O14. The van der Waals surface area contributed by atoms with Crippen molar-refractivity contribution in [3.63, 3.8) is 0 Å². The number of hydrogen-bond acceptors (Lipinski definition) is 14. The van der Waals surface area contributed by atoms with Gasteiger partial charge in [0.25, 0.3) is 0 Å². The lowest BCUT2D eigenvalue weighted by atomic mass is 9.95. The summed E-state index contributed by atoms with van der Waals surface area (Å²) in [6, 6.07) is 17.4. The highest BCUT2D eigenvalue weighted by Gasteiger charge is 2.56. The Labute approximate surface area is 300 Å². The number of methoxy groups -OCH3 is 1. The van der Waals surface area contributed by atoms with Gasteiger partial charge >= 0.3 is 11.3 Å². The van der Waals surface area contributed by atoms with Crippen molar-refractivity contribution in [2.45, 2.75) is 88.5 Å². The molecule has 14 nitrogen and oxygen atoms in total. The summed E-state index contributed by atoms with van der Waals surface area (Å²) in [5, 5.41) is 34.5. The molecule has 4 aromatic carbocycles. The normalized spacial score (nSPS) is 31.8. The van der Waals surface area contributed by atoms with Crippen LogP contribution in [0, 0.1) is 6.92 Å². The van der Waals surface area contributed by atoms with Gasteiger partial charge in [0.1, 0.15) is 53.0 Å². The lowest BCUT2D eigenvalue weighted by molar-refractivity contribution is -0.346. The number of aryl methyl sites for hydroxylation is 1. The topological polar surface area (TPSA) is 186 Å². The molecule has 5 heterocycles. The molecular weight excluding hydrogens is 692 g/mol. The SMILES string of the molecule is CO[C@H]1[C@@H](O)[C@@H](C)O[C@H](O[C@H]2[C@H](Oc3cccc4c(O)c5c(=O)oc6ccc(C)c7c(=O)oc(c34)c5c67)O[C@H](C)[C@@H]3O[C@@H](c4ccccc4)O[C@@H]32)[C@@H]1O. The minimum atomic E-state index is -1.42. The van der Waals surface area contributed by atoms with Crippen molar-refractivity contribution in [2.24, 2.45) is 0 Å². The quantitative estimate of drug-likeness (QED) is 0.126. The maximum Gasteiger partial charge on any atom is 0.348 e. The Morgan fingerprint density at radius 1 is 0.679 bits per heavy atom. The third-order valence-corrected chi connectivity index (χ3v) is 10.6. The summed E-state index contributed by atoms with van der Waals surface area (Å²) < 4.78 is 55.4. The average molecular weight is 729 g/mol. The third kappa shape index (κ3) is 5.24. The van der Waals surface area contributed by atoms with E-state index in [-0.39, 0.29) is 49.6 Å². The molecule has 3 fully saturated rings. The molecule has 9 rings (SSSR count). The number of benzene rings is 4. The lowest BCUT2D eigenvalue weighted by Gasteiger charge is -2.45. The number of aliphatic hydroxyl groups is 2. The van der Waals surface area contributed by atoms with Crippen LogP contribution in [0.4, 0.5) is 0 Å². The summed E-state index contributed by atoms with van der Waals surface area (Å²) in [4.78, 5) is 26.9. The smallest absolute Gasteiger partial charge is 0.348 e. The predicted molar refractivity (Wildman–Crippen MR) is 187 cm³/mol. The molecule has 3 aliphatic heterocycles. The van der Waals surface area contributed by atoms with E-state index < -0.39 is 79.0 Å². The first-order valence-corrected chi connectivity index (χ1v) is 17.3. The number of phenols is 1. The molecule has 0 spiro atoms. The van der Waals surface area contributed by atoms with Crippen molar-refractivity contribution in [1.82, 2.24) is 0 Å². The van der Waals surface area contributed by atoms with Crippen molar-refractivity contribution in [3.05, 3.63) is 92.6 Å². The number of aliphatic hydroxyl groups excluding tert-OH is 2. The lowest BCUT2D eigenvalue weighted by Crippen LogP contribution is -2.63. The van der Waals surface area contributed by atoms with Crippen LogP contribution in [0.15, 0.2) is 79.1 Å². The zero-order valence-electron chi connectivity index (χ0n) is 29.0. The van der Waals surface area contributed by atoms with Crippen molar-refractivity contribution >= 4 is 43.5 Å². The van der Waals surface area contributed by atoms with E-state index in [0.717, 1.165) is 5.56 Å². The first-order valence-electron chi connectivity index (χ1n) is 17.3. The molecule has 3 N–H and O–H groups in total. The van der Waals surface area contributed by atoms with Crippen LogP contribution in [0.2, 0.25) is 0 Å². The van der Waals surface area contributed by atoms with E-state index in [9.17, 15) is 24.9 Å². The summed E-state index contributed by atoms with van der Waals surface area (Å²) in [5.41, 5.74) is 0.0587. The van der Waals surface area contributed by atoms with Crippen LogP contribution in [-0.4, -0.2) is 83.8 Å². The Balaban J connectivity index is 1.19. The Morgan fingerprint density at radius 3 is 2.19 bits per heavy atom. The fraction of sp³-hybridized carbons (Fsp3) is 0.385. The van der Waals surface area contributed by atoms with E-state index in [4.69, 9.17) is 42.0 Å². The highest BCUT2D eigenvalue weighted by atomic mass is 16.8. The van der Waals surface area contributed by atoms with Crippen LogP contribution in [0.3, 0.4) is 0 Å². The summed E-state index contributed by atoms with van der Waals surface area (Å²) in [5.74, 6) is -0.266. The Bertz CT molecular complexity index is 2460. The summed E-state index contributed by atoms with van der Waals surface area (Å²) in [6.07, 6.45) is -10.9. The Hall–Kier alpha value is -4.64. The maximum absolute atomic E-state index is 13.6. The molecule has 2 aromatic heterocycles. The highest BCUT2D eigenvalue weighted by Crippen LogP contribution is 2.47. The first kappa shape index (κ1) is 34.1. The molecule has 0 bridgehead atoms. The summed E-state index contributed by atoms with van der Waals surface area (Å²) in [6.45, 7) is 5.17. The number of aromatic hydroxyl groups is 1. The van der Waals surface area contributed by atoms with Gasteiger partial charge in [0.15, 0.2) is 24.3 Å². The van der Waals surface area contributed by atoms with Gasteiger partial charge in [0.2, 0.25) is 6.29 Å². The summed E-state index contributed by atoms with van der Waals surface area (Å²) >= 11 is 0. The fourth-order valence-electron chi connectivity index (χ4n) is 7.98. The van der Waals surface area contributed by atoms with E-state index in [2.05, 4.69) is 0 Å². The van der Waals surface area contributed by atoms with E-state index in [0.29, 0.717) is 10.9 Å². The molecule has 0 amide bonds. The first-order chi connectivity index (χ1) is 25.5. The van der Waals surface area contributed by atoms with Crippen LogP contribution >= 0.6 is 0 Å². The molecule has 14 heteroatoms. The van der Waals surface area contributed by atoms with E-state index >= 15 is 0 Å². The maximum atomic E-state index is 13.6. The predicted octanol–water partition coefficient (Wildman–Crippen LogP) is 4.13. The molecule has 0 aliphatic carbocycles. The molecule has 3 saturated heterocycles. The number of rotatable bonds is 6. The standard InChI is InChI=1S/C39H36O14/c1-15-13-14-21-24-22(15)35(43)50-31-23-19(28(41)26(25(24)31)36(44)48-21)11-8-12-20(23)49-39-34(53-38-29(42)32(45-4)27(40)16(2)46-38)33-30(17(3)47-39)51-37(52-33)18-9-6-5-7-10-18/h5-14,16-17,27,29-30,32-34,37-42H,1-4H3/t16-,17-,27+,29-,30+,32+,33+,34-,37-,38-,39+/m1/s1. The van der Waals surface area contributed by atoms with Crippen LogP contribution in [0.1, 0.15) is 31.3 Å². The van der Waals surface area contributed by atoms with E-state index in [1.54, 1.807) is 51.1 Å². The molecule has 3 aliphatic rings. The zero-order valence-corrected chi connectivity index (χ0v) is 29.0.